The van der Waals surface area contributed by atoms with E-state index in [1.54, 1.807) is 12.0 Å². The molecule has 2 amide bonds. The first-order valence-corrected chi connectivity index (χ1v) is 16.3. The van der Waals surface area contributed by atoms with Crippen molar-refractivity contribution >= 4 is 29.3 Å². The van der Waals surface area contributed by atoms with E-state index in [9.17, 15) is 14.7 Å². The molecule has 1 aliphatic heterocycles. The van der Waals surface area contributed by atoms with Gasteiger partial charge in [-0.1, -0.05) is 55.6 Å². The van der Waals surface area contributed by atoms with Gasteiger partial charge >= 0.3 is 6.09 Å². The Morgan fingerprint density at radius 3 is 2.20 bits per heavy atom. The zero-order valence-electron chi connectivity index (χ0n) is 27.0. The number of ether oxygens (including phenoxy) is 2. The molecule has 0 bridgehead atoms. The third-order valence-corrected chi connectivity index (χ3v) is 9.04. The second-order valence-electron chi connectivity index (χ2n) is 11.8. The molecule has 3 N–H and O–H groups in total. The number of fused-ring (bicyclic) bond motifs is 1. The molecule has 0 aromatic heterocycles. The van der Waals surface area contributed by atoms with Crippen molar-refractivity contribution in [1.82, 2.24) is 4.90 Å². The fraction of sp³-hybridized carbons (Fsp3) is 0.444. The molecule has 0 spiro atoms. The van der Waals surface area contributed by atoms with Crippen molar-refractivity contribution < 1.29 is 24.2 Å². The summed E-state index contributed by atoms with van der Waals surface area (Å²) in [4.78, 5) is 28.5. The number of nitrogens with two attached hydrogens (primary N) is 1. The molecule has 0 radical (unpaired) electrons. The monoisotopic (exact) mass is 635 g/mol. The van der Waals surface area contributed by atoms with Gasteiger partial charge in [0.25, 0.3) is 0 Å². The van der Waals surface area contributed by atoms with E-state index < -0.39 is 12.1 Å². The van der Waals surface area contributed by atoms with Gasteiger partial charge in [0.05, 0.1) is 31.7 Å². The lowest BCUT2D eigenvalue weighted by Gasteiger charge is -2.38. The molecule has 3 aromatic rings. The summed E-state index contributed by atoms with van der Waals surface area (Å²) in [5.41, 5.74) is 9.86. The van der Waals surface area contributed by atoms with Crippen LogP contribution in [0.15, 0.2) is 60.7 Å². The Balaban J connectivity index is 0.000000687. The summed E-state index contributed by atoms with van der Waals surface area (Å²) in [6.07, 6.45) is 5.33. The first-order chi connectivity index (χ1) is 21.6. The van der Waals surface area contributed by atoms with E-state index in [4.69, 9.17) is 26.8 Å². The maximum Gasteiger partial charge on any atom is 0.407 e. The molecule has 3 aromatic carbocycles. The molecule has 242 valence electrons. The van der Waals surface area contributed by atoms with Crippen LogP contribution in [-0.2, 0) is 11.2 Å². The van der Waals surface area contributed by atoms with Crippen LogP contribution >= 0.6 is 11.6 Å². The van der Waals surface area contributed by atoms with Crippen LogP contribution in [0.2, 0.25) is 5.02 Å². The van der Waals surface area contributed by atoms with Crippen LogP contribution in [0.1, 0.15) is 94.1 Å². The lowest BCUT2D eigenvalue weighted by Crippen LogP contribution is -2.41. The largest absolute Gasteiger partial charge is 0.493 e. The SMILES string of the molecule is CC[C@@H](C)Oc1cc2c(cc1OC)CC(=O)N(c1ccc([C@H](C)N(CC)C(=O)O)cc1)C2c1ccc(Cl)cc1.NC1CCCC1. The van der Waals surface area contributed by atoms with E-state index in [-0.39, 0.29) is 24.5 Å². The van der Waals surface area contributed by atoms with Gasteiger partial charge in [0.15, 0.2) is 11.5 Å². The number of hydrogen-bond acceptors (Lipinski definition) is 5. The van der Waals surface area contributed by atoms with E-state index >= 15 is 0 Å². The topological polar surface area (TPSA) is 105 Å². The van der Waals surface area contributed by atoms with E-state index in [1.165, 1.54) is 30.6 Å². The predicted molar refractivity (Wildman–Crippen MR) is 180 cm³/mol. The zero-order valence-corrected chi connectivity index (χ0v) is 27.7. The number of carbonyl (C=O) groups is 2. The quantitative estimate of drug-likeness (QED) is 0.246. The number of benzene rings is 3. The second kappa shape index (κ2) is 15.5. The van der Waals surface area contributed by atoms with Crippen LogP contribution in [-0.4, -0.2) is 47.8 Å². The van der Waals surface area contributed by atoms with E-state index in [0.717, 1.165) is 34.4 Å². The first kappa shape index (κ1) is 34.1. The van der Waals surface area contributed by atoms with Crippen molar-refractivity contribution in [2.75, 3.05) is 18.6 Å². The molecular formula is C36H46ClN3O5. The van der Waals surface area contributed by atoms with Crippen molar-refractivity contribution in [3.8, 4) is 11.5 Å². The number of halogens is 1. The minimum atomic E-state index is -0.967. The average Bonchev–Trinajstić information content (AvgIpc) is 3.52. The molecule has 1 aliphatic carbocycles. The van der Waals surface area contributed by atoms with E-state index in [0.29, 0.717) is 29.1 Å². The molecule has 9 heteroatoms. The normalized spacial score (nSPS) is 17.5. The summed E-state index contributed by atoms with van der Waals surface area (Å²) in [7, 11) is 1.60. The highest BCUT2D eigenvalue weighted by molar-refractivity contribution is 6.30. The third kappa shape index (κ3) is 8.10. The number of methoxy groups -OCH3 is 1. The van der Waals surface area contributed by atoms with Crippen molar-refractivity contribution in [3.63, 3.8) is 0 Å². The maximum atomic E-state index is 13.7. The summed E-state index contributed by atoms with van der Waals surface area (Å²) in [5, 5.41) is 10.2. The highest BCUT2D eigenvalue weighted by Crippen LogP contribution is 2.44. The molecule has 45 heavy (non-hydrogen) atoms. The van der Waals surface area contributed by atoms with Gasteiger partial charge in [-0.2, -0.15) is 0 Å². The highest BCUT2D eigenvalue weighted by atomic mass is 35.5. The van der Waals surface area contributed by atoms with Crippen molar-refractivity contribution in [2.45, 2.75) is 90.4 Å². The lowest BCUT2D eigenvalue weighted by molar-refractivity contribution is -0.118. The Morgan fingerprint density at radius 1 is 1.04 bits per heavy atom. The molecule has 2 aliphatic rings. The van der Waals surface area contributed by atoms with Crippen molar-refractivity contribution in [1.29, 1.82) is 0 Å². The third-order valence-electron chi connectivity index (χ3n) is 8.78. The number of carbonyl (C=O) groups excluding carboxylic acids is 1. The van der Waals surface area contributed by atoms with Gasteiger partial charge in [-0.3, -0.25) is 4.79 Å². The second-order valence-corrected chi connectivity index (χ2v) is 12.3. The highest BCUT2D eigenvalue weighted by Gasteiger charge is 2.36. The Hall–Kier alpha value is -3.75. The van der Waals surface area contributed by atoms with E-state index in [2.05, 4.69) is 6.92 Å². The molecule has 1 heterocycles. The fourth-order valence-corrected chi connectivity index (χ4v) is 6.13. The Morgan fingerprint density at radius 2 is 1.69 bits per heavy atom. The molecule has 8 nitrogen and oxygen atoms in total. The summed E-state index contributed by atoms with van der Waals surface area (Å²) in [6.45, 7) is 8.12. The zero-order chi connectivity index (χ0) is 32.7. The molecule has 0 saturated heterocycles. The van der Waals surface area contributed by atoms with Gasteiger partial charge in [-0.15, -0.1) is 0 Å². The summed E-state index contributed by atoms with van der Waals surface area (Å²) >= 11 is 6.21. The van der Waals surface area contributed by atoms with Crippen LogP contribution in [0.5, 0.6) is 11.5 Å². The van der Waals surface area contributed by atoms with Crippen LogP contribution < -0.4 is 20.1 Å². The number of amides is 2. The van der Waals surface area contributed by atoms with Crippen molar-refractivity contribution in [2.24, 2.45) is 5.73 Å². The van der Waals surface area contributed by atoms with Gasteiger partial charge in [-0.05, 0) is 98.7 Å². The predicted octanol–water partition coefficient (Wildman–Crippen LogP) is 8.15. The maximum absolute atomic E-state index is 13.7. The van der Waals surface area contributed by atoms with Gasteiger partial charge < -0.3 is 30.1 Å². The number of nitrogens with zero attached hydrogens (tertiary/aromatic N) is 2. The minimum absolute atomic E-state index is 0.00437. The molecule has 3 atom stereocenters. The van der Waals surface area contributed by atoms with Crippen LogP contribution in [0.3, 0.4) is 0 Å². The minimum Gasteiger partial charge on any atom is -0.493 e. The summed E-state index contributed by atoms with van der Waals surface area (Å²) in [5.74, 6) is 1.18. The summed E-state index contributed by atoms with van der Waals surface area (Å²) in [6, 6.07) is 18.8. The molecular weight excluding hydrogens is 590 g/mol. The smallest absolute Gasteiger partial charge is 0.407 e. The van der Waals surface area contributed by atoms with E-state index in [1.807, 2.05) is 81.4 Å². The standard InChI is InChI=1S/C31H35ClN2O5.C5H11N/c1-6-19(3)39-28-18-26-23(16-27(28)38-5)17-29(35)34(30(26)22-8-12-24(32)13-9-22)25-14-10-21(11-15-25)20(4)33(7-2)31(36)37;6-5-3-1-2-4-5/h8-16,18-20,30H,6-7,17H2,1-5H3,(H,36,37);5H,1-4,6H2/t19-,20+,30?;/m1./s1. The lowest BCUT2D eigenvalue weighted by atomic mass is 9.86. The Bertz CT molecular complexity index is 1440. The average molecular weight is 636 g/mol. The van der Waals surface area contributed by atoms with Gasteiger partial charge in [-0.25, -0.2) is 4.79 Å². The van der Waals surface area contributed by atoms with Gasteiger partial charge in [0, 0.05) is 23.3 Å². The van der Waals surface area contributed by atoms with Crippen molar-refractivity contribution in [3.05, 3.63) is 87.9 Å². The number of hydrogen-bond donors (Lipinski definition) is 2. The molecule has 1 saturated carbocycles. The first-order valence-electron chi connectivity index (χ1n) is 15.9. The van der Waals surface area contributed by atoms with Gasteiger partial charge in [0.2, 0.25) is 5.91 Å². The molecule has 1 fully saturated rings. The number of anilines is 1. The Labute approximate surface area is 272 Å². The molecule has 5 rings (SSSR count). The van der Waals surface area contributed by atoms with Crippen LogP contribution in [0, 0.1) is 0 Å². The van der Waals surface area contributed by atoms with Crippen LogP contribution in [0.25, 0.3) is 0 Å². The number of rotatable bonds is 9. The summed E-state index contributed by atoms with van der Waals surface area (Å²) < 4.78 is 11.8. The van der Waals surface area contributed by atoms with Crippen LogP contribution in [0.4, 0.5) is 10.5 Å². The fourth-order valence-electron chi connectivity index (χ4n) is 6.00. The number of carboxylic acid groups (broad SMARTS) is 1. The Kier molecular flexibility index (Phi) is 11.8. The molecule has 1 unspecified atom stereocenters. The van der Waals surface area contributed by atoms with Gasteiger partial charge in [0.1, 0.15) is 0 Å².